The average molecular weight is 403 g/mol. The number of aryl methyl sites for hydroxylation is 2. The Morgan fingerprint density at radius 3 is 2.57 bits per heavy atom. The van der Waals surface area contributed by atoms with E-state index in [4.69, 9.17) is 4.74 Å². The Hall–Kier alpha value is -2.38. The average Bonchev–Trinajstić information content (AvgIpc) is 3.16. The minimum atomic E-state index is -3.76. The predicted molar refractivity (Wildman–Crippen MR) is 109 cm³/mol. The summed E-state index contributed by atoms with van der Waals surface area (Å²) in [6.07, 6.45) is 1.16. The summed E-state index contributed by atoms with van der Waals surface area (Å²) in [7, 11) is -3.76. The molecule has 3 rings (SSSR count). The molecule has 1 unspecified atom stereocenters. The van der Waals surface area contributed by atoms with E-state index in [0.29, 0.717) is 31.7 Å². The molecule has 0 radical (unpaired) electrons. The van der Waals surface area contributed by atoms with Crippen molar-refractivity contribution in [1.82, 2.24) is 4.31 Å². The van der Waals surface area contributed by atoms with Crippen LogP contribution in [0.3, 0.4) is 0 Å². The summed E-state index contributed by atoms with van der Waals surface area (Å²) >= 11 is 0. The molecule has 0 spiro atoms. The monoisotopic (exact) mass is 402 g/mol. The van der Waals surface area contributed by atoms with Crippen molar-refractivity contribution < 1.29 is 17.9 Å². The number of sulfonamides is 1. The van der Waals surface area contributed by atoms with Crippen LogP contribution in [0.25, 0.3) is 0 Å². The Labute approximate surface area is 166 Å². The molecule has 2 aromatic rings. The van der Waals surface area contributed by atoms with Crippen molar-refractivity contribution in [2.24, 2.45) is 0 Å². The van der Waals surface area contributed by atoms with Gasteiger partial charge in [-0.1, -0.05) is 12.1 Å². The number of carbonyl (C=O) groups excluding carboxylic acids is 1. The van der Waals surface area contributed by atoms with Crippen LogP contribution in [0.1, 0.15) is 30.9 Å². The molecule has 0 bridgehead atoms. The van der Waals surface area contributed by atoms with Crippen molar-refractivity contribution in [2.75, 3.05) is 18.5 Å². The van der Waals surface area contributed by atoms with Crippen molar-refractivity contribution >= 4 is 21.6 Å². The SMILES string of the molecule is CCOc1ccc(S(=O)(=O)N2CCCC2C(=O)Nc2cc(C)ccc2C)cc1. The fourth-order valence-corrected chi connectivity index (χ4v) is 5.04. The number of hydrogen-bond donors (Lipinski definition) is 1. The van der Waals surface area contributed by atoms with Crippen LogP contribution >= 0.6 is 0 Å². The lowest BCUT2D eigenvalue weighted by atomic mass is 10.1. The summed E-state index contributed by atoms with van der Waals surface area (Å²) in [5.74, 6) is 0.327. The van der Waals surface area contributed by atoms with Crippen LogP contribution in [0, 0.1) is 13.8 Å². The minimum absolute atomic E-state index is 0.169. The Balaban J connectivity index is 1.81. The molecule has 1 amide bonds. The number of hydrogen-bond acceptors (Lipinski definition) is 4. The maximum atomic E-state index is 13.1. The maximum absolute atomic E-state index is 13.1. The molecule has 1 N–H and O–H groups in total. The van der Waals surface area contributed by atoms with E-state index in [0.717, 1.165) is 16.8 Å². The number of rotatable bonds is 6. The number of nitrogens with zero attached hydrogens (tertiary/aromatic N) is 1. The van der Waals surface area contributed by atoms with Crippen molar-refractivity contribution in [1.29, 1.82) is 0 Å². The minimum Gasteiger partial charge on any atom is -0.494 e. The summed E-state index contributed by atoms with van der Waals surface area (Å²) < 4.78 is 32.9. The van der Waals surface area contributed by atoms with Gasteiger partial charge in [0.1, 0.15) is 11.8 Å². The van der Waals surface area contributed by atoms with E-state index in [1.165, 1.54) is 16.4 Å². The van der Waals surface area contributed by atoms with Gasteiger partial charge in [0.25, 0.3) is 0 Å². The molecule has 1 aliphatic rings. The summed E-state index contributed by atoms with van der Waals surface area (Å²) in [6, 6.07) is 11.4. The van der Waals surface area contributed by atoms with Gasteiger partial charge in [0, 0.05) is 12.2 Å². The molecule has 7 heteroatoms. The Bertz CT molecular complexity index is 955. The fraction of sp³-hybridized carbons (Fsp3) is 0.381. The lowest BCUT2D eigenvalue weighted by molar-refractivity contribution is -0.119. The molecule has 1 saturated heterocycles. The number of benzene rings is 2. The number of amides is 1. The fourth-order valence-electron chi connectivity index (χ4n) is 3.39. The van der Waals surface area contributed by atoms with E-state index in [9.17, 15) is 13.2 Å². The summed E-state index contributed by atoms with van der Waals surface area (Å²) in [5.41, 5.74) is 2.69. The lowest BCUT2D eigenvalue weighted by Gasteiger charge is -2.24. The van der Waals surface area contributed by atoms with Crippen LogP contribution in [-0.2, 0) is 14.8 Å². The van der Waals surface area contributed by atoms with Gasteiger partial charge >= 0.3 is 0 Å². The molecule has 150 valence electrons. The summed E-state index contributed by atoms with van der Waals surface area (Å²) in [5, 5.41) is 2.91. The van der Waals surface area contributed by atoms with Gasteiger partial charge in [-0.3, -0.25) is 4.79 Å². The van der Waals surface area contributed by atoms with Crippen molar-refractivity contribution in [3.05, 3.63) is 53.6 Å². The largest absolute Gasteiger partial charge is 0.494 e. The molecule has 28 heavy (non-hydrogen) atoms. The van der Waals surface area contributed by atoms with E-state index < -0.39 is 16.1 Å². The summed E-state index contributed by atoms with van der Waals surface area (Å²) in [6.45, 7) is 6.58. The molecule has 1 fully saturated rings. The van der Waals surface area contributed by atoms with Crippen molar-refractivity contribution in [3.63, 3.8) is 0 Å². The predicted octanol–water partition coefficient (Wildman–Crippen LogP) is 3.49. The first-order valence-corrected chi connectivity index (χ1v) is 10.9. The van der Waals surface area contributed by atoms with Gasteiger partial charge in [-0.2, -0.15) is 4.31 Å². The van der Waals surface area contributed by atoms with Gasteiger partial charge < -0.3 is 10.1 Å². The van der Waals surface area contributed by atoms with Crippen molar-refractivity contribution in [2.45, 2.75) is 44.6 Å². The highest BCUT2D eigenvalue weighted by Gasteiger charge is 2.39. The van der Waals surface area contributed by atoms with E-state index in [1.54, 1.807) is 12.1 Å². The third-order valence-electron chi connectivity index (χ3n) is 4.90. The Kier molecular flexibility index (Phi) is 6.05. The Morgan fingerprint density at radius 1 is 1.18 bits per heavy atom. The topological polar surface area (TPSA) is 75.7 Å². The van der Waals surface area contributed by atoms with Gasteiger partial charge in [0.15, 0.2) is 0 Å². The maximum Gasteiger partial charge on any atom is 0.243 e. The number of carbonyl (C=O) groups is 1. The second-order valence-electron chi connectivity index (χ2n) is 6.99. The smallest absolute Gasteiger partial charge is 0.243 e. The summed E-state index contributed by atoms with van der Waals surface area (Å²) in [4.78, 5) is 13.0. The first-order valence-electron chi connectivity index (χ1n) is 9.45. The second-order valence-corrected chi connectivity index (χ2v) is 8.88. The second kappa shape index (κ2) is 8.32. The molecule has 0 aliphatic carbocycles. The van der Waals surface area contributed by atoms with Crippen LogP contribution in [0.4, 0.5) is 5.69 Å². The highest BCUT2D eigenvalue weighted by atomic mass is 32.2. The molecular weight excluding hydrogens is 376 g/mol. The first kappa shape index (κ1) is 20.4. The van der Waals surface area contributed by atoms with Gasteiger partial charge in [0.2, 0.25) is 15.9 Å². The first-order chi connectivity index (χ1) is 13.3. The molecule has 1 heterocycles. The lowest BCUT2D eigenvalue weighted by Crippen LogP contribution is -2.43. The molecular formula is C21H26N2O4S. The number of ether oxygens (including phenoxy) is 1. The van der Waals surface area contributed by atoms with Crippen LogP contribution in [-0.4, -0.2) is 37.8 Å². The van der Waals surface area contributed by atoms with Crippen LogP contribution in [0.5, 0.6) is 5.75 Å². The highest BCUT2D eigenvalue weighted by molar-refractivity contribution is 7.89. The van der Waals surface area contributed by atoms with E-state index in [2.05, 4.69) is 5.32 Å². The third-order valence-corrected chi connectivity index (χ3v) is 6.82. The van der Waals surface area contributed by atoms with Crippen LogP contribution in [0.2, 0.25) is 0 Å². The van der Waals surface area contributed by atoms with E-state index in [1.807, 2.05) is 39.0 Å². The molecule has 0 aromatic heterocycles. The molecule has 1 aliphatic heterocycles. The molecule has 0 saturated carbocycles. The third kappa shape index (κ3) is 4.20. The number of anilines is 1. The molecule has 6 nitrogen and oxygen atoms in total. The van der Waals surface area contributed by atoms with Crippen molar-refractivity contribution in [3.8, 4) is 5.75 Å². The van der Waals surface area contributed by atoms with Gasteiger partial charge in [-0.15, -0.1) is 0 Å². The molecule has 1 atom stereocenters. The van der Waals surface area contributed by atoms with Crippen LogP contribution < -0.4 is 10.1 Å². The van der Waals surface area contributed by atoms with Gasteiger partial charge in [-0.25, -0.2) is 8.42 Å². The number of nitrogens with one attached hydrogen (secondary N) is 1. The van der Waals surface area contributed by atoms with E-state index in [-0.39, 0.29) is 10.8 Å². The van der Waals surface area contributed by atoms with Gasteiger partial charge in [0.05, 0.1) is 11.5 Å². The van der Waals surface area contributed by atoms with Crippen LogP contribution in [0.15, 0.2) is 47.4 Å². The zero-order valence-electron chi connectivity index (χ0n) is 16.4. The standard InChI is InChI=1S/C21H26N2O4S/c1-4-27-17-9-11-18(12-10-17)28(25,26)23-13-5-6-20(23)21(24)22-19-14-15(2)7-8-16(19)3/h7-12,14,20H,4-6,13H2,1-3H3,(H,22,24). The van der Waals surface area contributed by atoms with E-state index >= 15 is 0 Å². The Morgan fingerprint density at radius 2 is 1.89 bits per heavy atom. The zero-order valence-corrected chi connectivity index (χ0v) is 17.3. The highest BCUT2D eigenvalue weighted by Crippen LogP contribution is 2.28. The van der Waals surface area contributed by atoms with Gasteiger partial charge in [-0.05, 0) is 75.1 Å². The zero-order chi connectivity index (χ0) is 20.3. The normalized spacial score (nSPS) is 17.5. The molecule has 2 aromatic carbocycles. The quantitative estimate of drug-likeness (QED) is 0.802.